The number of aromatic nitrogens is 1. The van der Waals surface area contributed by atoms with Crippen LogP contribution >= 0.6 is 0 Å². The maximum absolute atomic E-state index is 10.1. The van der Waals surface area contributed by atoms with E-state index in [4.69, 9.17) is 0 Å². The summed E-state index contributed by atoms with van der Waals surface area (Å²) < 4.78 is 0. The van der Waals surface area contributed by atoms with E-state index >= 15 is 0 Å². The Hall–Kier alpha value is -1.09. The van der Waals surface area contributed by atoms with E-state index in [9.17, 15) is 5.11 Å². The third kappa shape index (κ3) is 2.23. The molecule has 0 aliphatic heterocycles. The molecule has 1 aliphatic rings. The molecule has 1 aliphatic carbocycles. The van der Waals surface area contributed by atoms with E-state index < -0.39 is 5.60 Å². The van der Waals surface area contributed by atoms with Gasteiger partial charge in [0, 0.05) is 12.7 Å². The Morgan fingerprint density at radius 2 is 2.14 bits per heavy atom. The summed E-state index contributed by atoms with van der Waals surface area (Å²) in [6.07, 6.45) is 5.85. The van der Waals surface area contributed by atoms with Crippen LogP contribution in [0, 0.1) is 0 Å². The molecule has 3 nitrogen and oxygen atoms in total. The average molecular weight is 192 g/mol. The van der Waals surface area contributed by atoms with Gasteiger partial charge in [0.2, 0.25) is 0 Å². The molecule has 0 amide bonds. The minimum atomic E-state index is -0.502. The summed E-state index contributed by atoms with van der Waals surface area (Å²) in [5.74, 6) is 0.841. The van der Waals surface area contributed by atoms with Gasteiger partial charge in [-0.3, -0.25) is 0 Å². The lowest BCUT2D eigenvalue weighted by molar-refractivity contribution is 0.0614. The first-order valence-corrected chi connectivity index (χ1v) is 5.16. The molecule has 3 heteroatoms. The van der Waals surface area contributed by atoms with E-state index in [2.05, 4.69) is 10.3 Å². The van der Waals surface area contributed by atoms with Crippen molar-refractivity contribution in [2.75, 3.05) is 11.9 Å². The van der Waals surface area contributed by atoms with E-state index in [1.165, 1.54) is 0 Å². The Morgan fingerprint density at radius 3 is 2.79 bits per heavy atom. The van der Waals surface area contributed by atoms with E-state index in [-0.39, 0.29) is 0 Å². The van der Waals surface area contributed by atoms with Crippen molar-refractivity contribution in [2.45, 2.75) is 31.3 Å². The van der Waals surface area contributed by atoms with Crippen molar-refractivity contribution >= 4 is 5.82 Å². The molecule has 0 atom stereocenters. The number of pyridine rings is 1. The van der Waals surface area contributed by atoms with Gasteiger partial charge in [-0.25, -0.2) is 4.98 Å². The summed E-state index contributed by atoms with van der Waals surface area (Å²) in [7, 11) is 0. The fourth-order valence-corrected chi connectivity index (χ4v) is 1.93. The maximum Gasteiger partial charge on any atom is 0.125 e. The fraction of sp³-hybridized carbons (Fsp3) is 0.545. The lowest BCUT2D eigenvalue weighted by atomic mass is 10.0. The first kappa shape index (κ1) is 9.46. The molecule has 1 fully saturated rings. The molecule has 0 spiro atoms. The highest BCUT2D eigenvalue weighted by atomic mass is 16.3. The summed E-state index contributed by atoms with van der Waals surface area (Å²) in [5.41, 5.74) is -0.502. The monoisotopic (exact) mass is 192 g/mol. The smallest absolute Gasteiger partial charge is 0.125 e. The summed E-state index contributed by atoms with van der Waals surface area (Å²) in [6, 6.07) is 5.74. The van der Waals surface area contributed by atoms with Gasteiger partial charge in [0.1, 0.15) is 5.82 Å². The third-order valence-corrected chi connectivity index (χ3v) is 2.80. The number of rotatable bonds is 3. The molecule has 0 bridgehead atoms. The first-order valence-electron chi connectivity index (χ1n) is 5.16. The number of hydrogen-bond donors (Lipinski definition) is 2. The molecule has 76 valence electrons. The van der Waals surface area contributed by atoms with E-state index in [1.54, 1.807) is 6.20 Å². The number of nitrogens with one attached hydrogen (secondary N) is 1. The predicted octanol–water partition coefficient (Wildman–Crippen LogP) is 1.80. The van der Waals surface area contributed by atoms with Gasteiger partial charge in [0.25, 0.3) is 0 Å². The zero-order valence-corrected chi connectivity index (χ0v) is 8.24. The van der Waals surface area contributed by atoms with Gasteiger partial charge in [-0.1, -0.05) is 18.9 Å². The molecule has 0 unspecified atom stereocenters. The Kier molecular flexibility index (Phi) is 2.68. The second-order valence-corrected chi connectivity index (χ2v) is 4.00. The van der Waals surface area contributed by atoms with Crippen LogP contribution in [0.5, 0.6) is 0 Å². The Morgan fingerprint density at radius 1 is 1.36 bits per heavy atom. The van der Waals surface area contributed by atoms with Crippen LogP contribution in [0.2, 0.25) is 0 Å². The molecular formula is C11H16N2O. The molecule has 0 radical (unpaired) electrons. The van der Waals surface area contributed by atoms with Gasteiger partial charge in [0.05, 0.1) is 5.60 Å². The predicted molar refractivity (Wildman–Crippen MR) is 56.1 cm³/mol. The molecule has 2 rings (SSSR count). The minimum absolute atomic E-state index is 0.502. The second kappa shape index (κ2) is 3.96. The van der Waals surface area contributed by atoms with Crippen LogP contribution in [0.3, 0.4) is 0 Å². The highest BCUT2D eigenvalue weighted by molar-refractivity contribution is 5.33. The van der Waals surface area contributed by atoms with Gasteiger partial charge in [-0.05, 0) is 25.0 Å². The zero-order chi connectivity index (χ0) is 9.86. The van der Waals surface area contributed by atoms with Crippen molar-refractivity contribution in [1.82, 2.24) is 4.98 Å². The Labute approximate surface area is 84.2 Å². The largest absolute Gasteiger partial charge is 0.388 e. The molecule has 0 saturated heterocycles. The summed E-state index contributed by atoms with van der Waals surface area (Å²) in [4.78, 5) is 4.15. The van der Waals surface area contributed by atoms with Crippen LogP contribution in [0.4, 0.5) is 5.82 Å². The normalized spacial score (nSPS) is 19.5. The first-order chi connectivity index (χ1) is 6.79. The number of aliphatic hydroxyl groups is 1. The number of anilines is 1. The maximum atomic E-state index is 10.1. The van der Waals surface area contributed by atoms with Gasteiger partial charge < -0.3 is 10.4 Å². The molecule has 14 heavy (non-hydrogen) atoms. The third-order valence-electron chi connectivity index (χ3n) is 2.80. The van der Waals surface area contributed by atoms with Crippen LogP contribution in [0.25, 0.3) is 0 Å². The van der Waals surface area contributed by atoms with Crippen LogP contribution in [-0.4, -0.2) is 22.2 Å². The molecule has 1 saturated carbocycles. The van der Waals surface area contributed by atoms with Gasteiger partial charge in [0.15, 0.2) is 0 Å². The summed E-state index contributed by atoms with van der Waals surface area (Å²) >= 11 is 0. The number of hydrogen-bond acceptors (Lipinski definition) is 3. The van der Waals surface area contributed by atoms with E-state index in [1.807, 2.05) is 18.2 Å². The second-order valence-electron chi connectivity index (χ2n) is 4.00. The van der Waals surface area contributed by atoms with Gasteiger partial charge in [-0.15, -0.1) is 0 Å². The Balaban J connectivity index is 1.88. The molecule has 1 heterocycles. The minimum Gasteiger partial charge on any atom is -0.388 e. The lowest BCUT2D eigenvalue weighted by Crippen LogP contribution is -2.33. The van der Waals surface area contributed by atoms with E-state index in [0.717, 1.165) is 31.5 Å². The quantitative estimate of drug-likeness (QED) is 0.767. The summed E-state index contributed by atoms with van der Waals surface area (Å²) in [5, 5.41) is 13.2. The van der Waals surface area contributed by atoms with Crippen molar-refractivity contribution in [3.05, 3.63) is 24.4 Å². The SMILES string of the molecule is OC1(CNc2ccccn2)CCCC1. The standard InChI is InChI=1S/C11H16N2O/c14-11(6-2-3-7-11)9-13-10-5-1-4-8-12-10/h1,4-5,8,14H,2-3,6-7,9H2,(H,12,13). The Bertz CT molecular complexity index is 281. The zero-order valence-electron chi connectivity index (χ0n) is 8.24. The topological polar surface area (TPSA) is 45.1 Å². The molecular weight excluding hydrogens is 176 g/mol. The van der Waals surface area contributed by atoms with Gasteiger partial charge in [-0.2, -0.15) is 0 Å². The number of nitrogens with zero attached hydrogens (tertiary/aromatic N) is 1. The summed E-state index contributed by atoms with van der Waals surface area (Å²) in [6.45, 7) is 0.615. The van der Waals surface area contributed by atoms with Gasteiger partial charge >= 0.3 is 0 Å². The van der Waals surface area contributed by atoms with Crippen LogP contribution in [0.1, 0.15) is 25.7 Å². The fourth-order valence-electron chi connectivity index (χ4n) is 1.93. The molecule has 2 N–H and O–H groups in total. The van der Waals surface area contributed by atoms with E-state index in [0.29, 0.717) is 6.54 Å². The van der Waals surface area contributed by atoms with Crippen molar-refractivity contribution < 1.29 is 5.11 Å². The van der Waals surface area contributed by atoms with Crippen molar-refractivity contribution in [3.8, 4) is 0 Å². The highest BCUT2D eigenvalue weighted by Gasteiger charge is 2.30. The van der Waals surface area contributed by atoms with Crippen molar-refractivity contribution in [1.29, 1.82) is 0 Å². The molecule has 0 aromatic carbocycles. The molecule has 1 aromatic heterocycles. The van der Waals surface area contributed by atoms with Crippen LogP contribution < -0.4 is 5.32 Å². The van der Waals surface area contributed by atoms with Crippen molar-refractivity contribution in [3.63, 3.8) is 0 Å². The van der Waals surface area contributed by atoms with Crippen LogP contribution in [0.15, 0.2) is 24.4 Å². The van der Waals surface area contributed by atoms with Crippen LogP contribution in [-0.2, 0) is 0 Å². The molecule has 1 aromatic rings. The lowest BCUT2D eigenvalue weighted by Gasteiger charge is -2.22. The average Bonchev–Trinajstić information content (AvgIpc) is 2.65. The highest BCUT2D eigenvalue weighted by Crippen LogP contribution is 2.29. The van der Waals surface area contributed by atoms with Crippen molar-refractivity contribution in [2.24, 2.45) is 0 Å².